The molecular weight excluding hydrogens is 196 g/mol. The van der Waals surface area contributed by atoms with Gasteiger partial charge in [-0.3, -0.25) is 0 Å². The van der Waals surface area contributed by atoms with E-state index in [1.54, 1.807) is 14.2 Å². The van der Waals surface area contributed by atoms with Crippen LogP contribution in [0.25, 0.3) is 0 Å². The zero-order valence-corrected chi connectivity index (χ0v) is 10.8. The molecule has 0 saturated carbocycles. The van der Waals surface area contributed by atoms with Gasteiger partial charge >= 0.3 is 8.80 Å². The van der Waals surface area contributed by atoms with E-state index in [0.717, 1.165) is 31.7 Å². The Labute approximate surface area is 88.1 Å². The molecule has 84 valence electrons. The van der Waals surface area contributed by atoms with Crippen LogP contribution < -0.4 is 0 Å². The molecule has 1 atom stereocenters. The van der Waals surface area contributed by atoms with Crippen LogP contribution in [0.2, 0.25) is 6.04 Å². The fourth-order valence-electron chi connectivity index (χ4n) is 2.23. The molecule has 0 aromatic heterocycles. The van der Waals surface area contributed by atoms with Crippen LogP contribution in [0.15, 0.2) is 0 Å². The monoisotopic (exact) mass is 218 g/mol. The Morgan fingerprint density at radius 3 is 2.50 bits per heavy atom. The Bertz CT molecular complexity index is 178. The van der Waals surface area contributed by atoms with Gasteiger partial charge in [-0.1, -0.05) is 13.3 Å². The molecule has 0 spiro atoms. The summed E-state index contributed by atoms with van der Waals surface area (Å²) in [7, 11) is 1.10. The second-order valence-corrected chi connectivity index (χ2v) is 7.13. The smallest absolute Gasteiger partial charge is 0.377 e. The maximum absolute atomic E-state index is 6.09. The van der Waals surface area contributed by atoms with E-state index in [0.29, 0.717) is 0 Å². The molecule has 14 heavy (non-hydrogen) atoms. The van der Waals surface area contributed by atoms with Gasteiger partial charge in [0.15, 0.2) is 0 Å². The van der Waals surface area contributed by atoms with E-state index in [-0.39, 0.29) is 5.60 Å². The minimum absolute atomic E-state index is 0.0226. The third-order valence-electron chi connectivity index (χ3n) is 2.99. The topological polar surface area (TPSA) is 27.7 Å². The first-order chi connectivity index (χ1) is 6.60. The van der Waals surface area contributed by atoms with Crippen LogP contribution >= 0.6 is 0 Å². The number of rotatable bonds is 4. The van der Waals surface area contributed by atoms with Crippen LogP contribution in [0.3, 0.4) is 0 Å². The molecule has 0 N–H and O–H groups in total. The van der Waals surface area contributed by atoms with E-state index in [1.807, 2.05) is 0 Å². The highest BCUT2D eigenvalue weighted by atomic mass is 28.4. The summed E-state index contributed by atoms with van der Waals surface area (Å²) in [4.78, 5) is 0. The predicted molar refractivity (Wildman–Crippen MR) is 58.2 cm³/mol. The van der Waals surface area contributed by atoms with Crippen molar-refractivity contribution in [3.63, 3.8) is 0 Å². The third-order valence-corrected chi connectivity index (χ3v) is 6.01. The summed E-state index contributed by atoms with van der Waals surface area (Å²) < 4.78 is 17.0. The minimum atomic E-state index is -2.30. The summed E-state index contributed by atoms with van der Waals surface area (Å²) in [5.41, 5.74) is -0.0226. The summed E-state index contributed by atoms with van der Waals surface area (Å²) in [6.07, 6.45) is 4.52. The van der Waals surface area contributed by atoms with Crippen molar-refractivity contribution in [1.82, 2.24) is 0 Å². The second kappa shape index (κ2) is 4.75. The molecule has 1 rings (SSSR count). The van der Waals surface area contributed by atoms with Crippen LogP contribution in [-0.4, -0.2) is 28.6 Å². The van der Waals surface area contributed by atoms with Crippen LogP contribution in [0.5, 0.6) is 0 Å². The van der Waals surface area contributed by atoms with Gasteiger partial charge in [0.2, 0.25) is 0 Å². The van der Waals surface area contributed by atoms with Crippen LogP contribution in [0.1, 0.15) is 39.5 Å². The van der Waals surface area contributed by atoms with Crippen LogP contribution in [0, 0.1) is 0 Å². The molecule has 1 heterocycles. The molecule has 0 radical (unpaired) electrons. The van der Waals surface area contributed by atoms with Gasteiger partial charge in [0.05, 0.1) is 5.60 Å². The molecule has 0 amide bonds. The van der Waals surface area contributed by atoms with E-state index < -0.39 is 8.80 Å². The van der Waals surface area contributed by atoms with Gasteiger partial charge in [0, 0.05) is 20.3 Å². The fourth-order valence-corrected chi connectivity index (χ4v) is 4.64. The summed E-state index contributed by atoms with van der Waals surface area (Å²) in [5.74, 6) is 0. The second-order valence-electron chi connectivity index (χ2n) is 4.25. The summed E-state index contributed by atoms with van der Waals surface area (Å²) in [6.45, 7) is 4.36. The molecule has 1 fully saturated rings. The van der Waals surface area contributed by atoms with Gasteiger partial charge in [-0.05, 0) is 26.2 Å². The maximum atomic E-state index is 6.09. The SMILES string of the molecule is CCCC1(C)CCC[Si](OC)(OC)O1. The lowest BCUT2D eigenvalue weighted by Crippen LogP contribution is -2.54. The first kappa shape index (κ1) is 12.2. The summed E-state index contributed by atoms with van der Waals surface area (Å²) >= 11 is 0. The molecule has 0 aromatic carbocycles. The average Bonchev–Trinajstić information content (AvgIpc) is 2.17. The Balaban J connectivity index is 2.66. The molecule has 1 aliphatic heterocycles. The van der Waals surface area contributed by atoms with Gasteiger partial charge in [0.1, 0.15) is 0 Å². The molecule has 4 heteroatoms. The van der Waals surface area contributed by atoms with Crippen molar-refractivity contribution in [1.29, 1.82) is 0 Å². The first-order valence-corrected chi connectivity index (χ1v) is 7.33. The van der Waals surface area contributed by atoms with Gasteiger partial charge in [-0.15, -0.1) is 0 Å². The molecule has 0 aromatic rings. The largest absolute Gasteiger partial charge is 0.500 e. The Hall–Kier alpha value is 0.0969. The maximum Gasteiger partial charge on any atom is 0.500 e. The quantitative estimate of drug-likeness (QED) is 0.679. The van der Waals surface area contributed by atoms with Crippen molar-refractivity contribution in [2.24, 2.45) is 0 Å². The highest BCUT2D eigenvalue weighted by Gasteiger charge is 2.48. The third kappa shape index (κ3) is 2.57. The molecule has 1 saturated heterocycles. The molecule has 3 nitrogen and oxygen atoms in total. The molecule has 1 unspecified atom stereocenters. The highest BCUT2D eigenvalue weighted by molar-refractivity contribution is 6.60. The van der Waals surface area contributed by atoms with Gasteiger partial charge in [-0.2, -0.15) is 0 Å². The normalized spacial score (nSPS) is 31.7. The zero-order chi connectivity index (χ0) is 10.7. The van der Waals surface area contributed by atoms with Crippen LogP contribution in [-0.2, 0) is 13.3 Å². The van der Waals surface area contributed by atoms with Crippen molar-refractivity contribution in [2.75, 3.05) is 14.2 Å². The fraction of sp³-hybridized carbons (Fsp3) is 1.00. The van der Waals surface area contributed by atoms with Gasteiger partial charge < -0.3 is 13.3 Å². The van der Waals surface area contributed by atoms with Crippen molar-refractivity contribution < 1.29 is 13.3 Å². The number of hydrogen-bond donors (Lipinski definition) is 0. The average molecular weight is 218 g/mol. The minimum Gasteiger partial charge on any atom is -0.377 e. The molecule has 0 bridgehead atoms. The Morgan fingerprint density at radius 2 is 2.00 bits per heavy atom. The summed E-state index contributed by atoms with van der Waals surface area (Å²) in [5, 5.41) is 0. The standard InChI is InChI=1S/C10H22O3Si/c1-5-7-10(2)8-6-9-14(11-3,12-4)13-10/h5-9H2,1-4H3. The Morgan fingerprint density at radius 1 is 1.36 bits per heavy atom. The lowest BCUT2D eigenvalue weighted by Gasteiger charge is -2.42. The van der Waals surface area contributed by atoms with Crippen molar-refractivity contribution in [2.45, 2.75) is 51.2 Å². The van der Waals surface area contributed by atoms with Crippen molar-refractivity contribution >= 4 is 8.80 Å². The van der Waals surface area contributed by atoms with Gasteiger partial charge in [-0.25, -0.2) is 0 Å². The Kier molecular flexibility index (Phi) is 4.12. The molecule has 0 aliphatic carbocycles. The van der Waals surface area contributed by atoms with E-state index in [2.05, 4.69) is 13.8 Å². The summed E-state index contributed by atoms with van der Waals surface area (Å²) in [6, 6.07) is 0.958. The lowest BCUT2D eigenvalue weighted by molar-refractivity contribution is -0.0341. The van der Waals surface area contributed by atoms with E-state index >= 15 is 0 Å². The first-order valence-electron chi connectivity index (χ1n) is 5.40. The van der Waals surface area contributed by atoms with E-state index in [1.165, 1.54) is 0 Å². The van der Waals surface area contributed by atoms with E-state index in [4.69, 9.17) is 13.3 Å². The molecule has 1 aliphatic rings. The van der Waals surface area contributed by atoms with Crippen molar-refractivity contribution in [3.8, 4) is 0 Å². The zero-order valence-electron chi connectivity index (χ0n) is 9.76. The predicted octanol–water partition coefficient (Wildman–Crippen LogP) is 2.59. The molecular formula is C10H22O3Si. The highest BCUT2D eigenvalue weighted by Crippen LogP contribution is 2.36. The van der Waals surface area contributed by atoms with Gasteiger partial charge in [0.25, 0.3) is 0 Å². The number of hydrogen-bond acceptors (Lipinski definition) is 3. The van der Waals surface area contributed by atoms with E-state index in [9.17, 15) is 0 Å². The lowest BCUT2D eigenvalue weighted by atomic mass is 9.95. The van der Waals surface area contributed by atoms with Crippen LogP contribution in [0.4, 0.5) is 0 Å². The van der Waals surface area contributed by atoms with Crippen molar-refractivity contribution in [3.05, 3.63) is 0 Å².